The molecule has 1 aliphatic rings. The van der Waals surface area contributed by atoms with Crippen molar-refractivity contribution in [2.75, 3.05) is 11.9 Å². The first-order valence-electron chi connectivity index (χ1n) is 5.52. The van der Waals surface area contributed by atoms with E-state index in [2.05, 4.69) is 5.48 Å². The van der Waals surface area contributed by atoms with Crippen LogP contribution in [0.2, 0.25) is 0 Å². The van der Waals surface area contributed by atoms with E-state index < -0.39 is 0 Å². The van der Waals surface area contributed by atoms with Gasteiger partial charge in [-0.3, -0.25) is 4.90 Å². The minimum Gasteiger partial charge on any atom is -0.343 e. The summed E-state index contributed by atoms with van der Waals surface area (Å²) in [5, 5.41) is 10.1. The van der Waals surface area contributed by atoms with Gasteiger partial charge < -0.3 is 10.1 Å². The van der Waals surface area contributed by atoms with Crippen molar-refractivity contribution in [2.24, 2.45) is 0 Å². The highest BCUT2D eigenvalue weighted by Crippen LogP contribution is 2.33. The number of hydrogen-bond donors (Lipinski definition) is 2. The molecule has 2 rings (SSSR count). The summed E-state index contributed by atoms with van der Waals surface area (Å²) < 4.78 is 0. The van der Waals surface area contributed by atoms with Crippen LogP contribution in [-0.4, -0.2) is 34.0 Å². The number of hydrogen-bond acceptors (Lipinski definition) is 3. The topological polar surface area (TPSA) is 38.7 Å². The molecule has 1 aromatic rings. The second kappa shape index (κ2) is 4.25. The number of likely N-dealkylation sites (N-methyl/N-ethyl adjacent to an activating group) is 1. The monoisotopic (exact) mass is 251 g/mol. The van der Waals surface area contributed by atoms with E-state index in [-0.39, 0.29) is 11.7 Å². The largest absolute Gasteiger partial charge is 0.343 e. The van der Waals surface area contributed by atoms with Crippen LogP contribution >= 0.6 is 12.2 Å². The molecule has 92 valence electrons. The Balaban J connectivity index is 2.44. The van der Waals surface area contributed by atoms with E-state index in [9.17, 15) is 5.21 Å². The molecule has 1 fully saturated rings. The van der Waals surface area contributed by atoms with Gasteiger partial charge >= 0.3 is 0 Å². The van der Waals surface area contributed by atoms with Crippen LogP contribution in [0.15, 0.2) is 30.3 Å². The lowest BCUT2D eigenvalue weighted by Gasteiger charge is -2.32. The molecule has 0 amide bonds. The van der Waals surface area contributed by atoms with Crippen molar-refractivity contribution in [2.45, 2.75) is 25.6 Å². The molecule has 0 radical (unpaired) electrons. The molecule has 1 aliphatic heterocycles. The van der Waals surface area contributed by atoms with E-state index in [1.54, 1.807) is 0 Å². The molecule has 0 saturated carbocycles. The van der Waals surface area contributed by atoms with Crippen molar-refractivity contribution in [1.82, 2.24) is 10.4 Å². The van der Waals surface area contributed by atoms with Crippen LogP contribution in [0.1, 0.15) is 13.8 Å². The van der Waals surface area contributed by atoms with Crippen LogP contribution in [0.3, 0.4) is 0 Å². The summed E-state index contributed by atoms with van der Waals surface area (Å²) >= 11 is 5.44. The molecule has 0 aliphatic carbocycles. The van der Waals surface area contributed by atoms with Crippen LogP contribution in [-0.2, 0) is 0 Å². The van der Waals surface area contributed by atoms with Crippen molar-refractivity contribution in [3.05, 3.63) is 30.3 Å². The van der Waals surface area contributed by atoms with Crippen LogP contribution in [0, 0.1) is 0 Å². The fraction of sp³-hybridized carbons (Fsp3) is 0.417. The van der Waals surface area contributed by atoms with Crippen molar-refractivity contribution in [3.8, 4) is 0 Å². The molecular weight excluding hydrogens is 234 g/mol. The summed E-state index contributed by atoms with van der Waals surface area (Å²) in [6.07, 6.45) is -0.262. The van der Waals surface area contributed by atoms with Crippen molar-refractivity contribution >= 4 is 23.0 Å². The fourth-order valence-electron chi connectivity index (χ4n) is 2.08. The standard InChI is InChI=1S/C12H17N3OS/c1-12(2)10(13-16)15(11(17)14(12)3)9-7-5-4-6-8-9/h4-8,10,13,16H,1-3H3. The van der Waals surface area contributed by atoms with Gasteiger partial charge in [0.2, 0.25) is 0 Å². The normalized spacial score (nSPS) is 23.3. The third-order valence-electron chi connectivity index (χ3n) is 3.44. The van der Waals surface area contributed by atoms with Crippen LogP contribution in [0.5, 0.6) is 0 Å². The van der Waals surface area contributed by atoms with Gasteiger partial charge in [0.1, 0.15) is 6.17 Å². The van der Waals surface area contributed by atoms with Gasteiger partial charge in [0.25, 0.3) is 0 Å². The number of thiocarbonyl (C=S) groups is 1. The molecule has 1 saturated heterocycles. The predicted octanol–water partition coefficient (Wildman–Crippen LogP) is 1.81. The number of hydroxylamine groups is 1. The number of anilines is 1. The van der Waals surface area contributed by atoms with Gasteiger partial charge in [-0.05, 0) is 38.2 Å². The van der Waals surface area contributed by atoms with Gasteiger partial charge in [-0.1, -0.05) is 18.2 Å². The van der Waals surface area contributed by atoms with Gasteiger partial charge in [-0.2, -0.15) is 5.48 Å². The maximum atomic E-state index is 9.39. The molecule has 17 heavy (non-hydrogen) atoms. The maximum absolute atomic E-state index is 9.39. The number of nitrogens with one attached hydrogen (secondary N) is 1. The van der Waals surface area contributed by atoms with Crippen molar-refractivity contribution < 1.29 is 5.21 Å². The quantitative estimate of drug-likeness (QED) is 0.619. The maximum Gasteiger partial charge on any atom is 0.177 e. The average Bonchev–Trinajstić information content (AvgIpc) is 2.50. The van der Waals surface area contributed by atoms with Gasteiger partial charge in [-0.25, -0.2) is 0 Å². The molecule has 0 bridgehead atoms. The first kappa shape index (κ1) is 12.3. The molecule has 4 nitrogen and oxygen atoms in total. The van der Waals surface area contributed by atoms with Crippen LogP contribution < -0.4 is 10.4 Å². The Morgan fingerprint density at radius 1 is 1.29 bits per heavy atom. The van der Waals surface area contributed by atoms with Crippen LogP contribution in [0.4, 0.5) is 5.69 Å². The Morgan fingerprint density at radius 2 is 1.88 bits per heavy atom. The molecule has 0 aromatic heterocycles. The summed E-state index contributed by atoms with van der Waals surface area (Å²) in [4.78, 5) is 3.92. The second-order valence-corrected chi connectivity index (χ2v) is 5.10. The first-order valence-corrected chi connectivity index (χ1v) is 5.92. The fourth-order valence-corrected chi connectivity index (χ4v) is 2.53. The average molecular weight is 251 g/mol. The number of benzene rings is 1. The Hall–Kier alpha value is -1.17. The van der Waals surface area contributed by atoms with E-state index >= 15 is 0 Å². The number of rotatable bonds is 2. The Labute approximate surface area is 107 Å². The SMILES string of the molecule is CN1C(=S)N(c2ccccc2)C(NO)C1(C)C. The number of para-hydroxylation sites is 1. The lowest BCUT2D eigenvalue weighted by atomic mass is 10.0. The van der Waals surface area contributed by atoms with Crippen molar-refractivity contribution in [1.29, 1.82) is 0 Å². The Kier molecular flexibility index (Phi) is 3.07. The molecule has 1 heterocycles. The number of nitrogens with zero attached hydrogens (tertiary/aromatic N) is 2. The minimum atomic E-state index is -0.276. The van der Waals surface area contributed by atoms with Crippen LogP contribution in [0.25, 0.3) is 0 Å². The summed E-state index contributed by atoms with van der Waals surface area (Å²) in [6.45, 7) is 4.08. The minimum absolute atomic E-state index is 0.262. The van der Waals surface area contributed by atoms with E-state index in [1.165, 1.54) is 0 Å². The molecule has 0 spiro atoms. The van der Waals surface area contributed by atoms with Gasteiger partial charge in [0.15, 0.2) is 5.11 Å². The van der Waals surface area contributed by atoms with Gasteiger partial charge in [-0.15, -0.1) is 0 Å². The van der Waals surface area contributed by atoms with E-state index in [4.69, 9.17) is 12.2 Å². The summed E-state index contributed by atoms with van der Waals surface area (Å²) in [5.41, 5.74) is 3.06. The molecule has 1 unspecified atom stereocenters. The Morgan fingerprint density at radius 3 is 2.41 bits per heavy atom. The molecule has 1 aromatic carbocycles. The third kappa shape index (κ3) is 1.80. The zero-order valence-electron chi connectivity index (χ0n) is 10.2. The first-order chi connectivity index (χ1) is 8.00. The zero-order valence-corrected chi connectivity index (χ0v) is 11.0. The lowest BCUT2D eigenvalue weighted by molar-refractivity contribution is 0.0788. The lowest BCUT2D eigenvalue weighted by Crippen LogP contribution is -2.53. The molecular formula is C12H17N3OS. The highest BCUT2D eigenvalue weighted by molar-refractivity contribution is 7.80. The summed E-state index contributed by atoms with van der Waals surface area (Å²) in [5.74, 6) is 0. The van der Waals surface area contributed by atoms with E-state index in [0.717, 1.165) is 5.69 Å². The highest BCUT2D eigenvalue weighted by atomic mass is 32.1. The van der Waals surface area contributed by atoms with Crippen molar-refractivity contribution in [3.63, 3.8) is 0 Å². The Bertz CT molecular complexity index is 421. The molecule has 1 atom stereocenters. The summed E-state index contributed by atoms with van der Waals surface area (Å²) in [6, 6.07) is 9.83. The molecule has 5 heteroatoms. The smallest absolute Gasteiger partial charge is 0.177 e. The summed E-state index contributed by atoms with van der Waals surface area (Å²) in [7, 11) is 1.94. The third-order valence-corrected chi connectivity index (χ3v) is 3.91. The highest BCUT2D eigenvalue weighted by Gasteiger charge is 2.47. The second-order valence-electron chi connectivity index (χ2n) is 4.73. The molecule has 2 N–H and O–H groups in total. The zero-order chi connectivity index (χ0) is 12.6. The van der Waals surface area contributed by atoms with E-state index in [1.807, 2.05) is 61.0 Å². The van der Waals surface area contributed by atoms with Gasteiger partial charge in [0.05, 0.1) is 5.54 Å². The van der Waals surface area contributed by atoms with E-state index in [0.29, 0.717) is 5.11 Å². The predicted molar refractivity (Wildman–Crippen MR) is 72.1 cm³/mol. The van der Waals surface area contributed by atoms with Gasteiger partial charge in [0, 0.05) is 12.7 Å².